The molecular formula is C25H28F7N3O2. The summed E-state index contributed by atoms with van der Waals surface area (Å²) in [6.45, 7) is 2.31. The Bertz CT molecular complexity index is 1070. The number of halogens is 7. The SMILES string of the molecule is CC(C)(F)C[C@H](N[C@@H](c1ccc(-c2ccc([C@@H](O)C(F)(F)F)cc2)cc1)C(F)(F)F)C(=O)NC1(N)CC1. The summed E-state index contributed by atoms with van der Waals surface area (Å²) >= 11 is 0. The second kappa shape index (κ2) is 10.2. The van der Waals surface area contributed by atoms with E-state index >= 15 is 0 Å². The molecule has 37 heavy (non-hydrogen) atoms. The summed E-state index contributed by atoms with van der Waals surface area (Å²) in [4.78, 5) is 12.7. The molecule has 1 aliphatic rings. The Balaban J connectivity index is 1.83. The van der Waals surface area contributed by atoms with Crippen molar-refractivity contribution in [1.29, 1.82) is 0 Å². The van der Waals surface area contributed by atoms with Gasteiger partial charge in [-0.1, -0.05) is 48.5 Å². The lowest BCUT2D eigenvalue weighted by Crippen LogP contribution is -2.55. The molecule has 0 saturated heterocycles. The molecule has 5 nitrogen and oxygen atoms in total. The van der Waals surface area contributed by atoms with E-state index in [1.165, 1.54) is 36.4 Å². The Morgan fingerprint density at radius 1 is 0.892 bits per heavy atom. The topological polar surface area (TPSA) is 87.4 Å². The first kappa shape index (κ1) is 28.9. The molecule has 0 unspecified atom stereocenters. The van der Waals surface area contributed by atoms with Crippen molar-refractivity contribution < 1.29 is 40.6 Å². The van der Waals surface area contributed by atoms with Crippen molar-refractivity contribution in [3.8, 4) is 11.1 Å². The van der Waals surface area contributed by atoms with Crippen LogP contribution in [-0.4, -0.2) is 40.7 Å². The molecule has 2 aromatic rings. The van der Waals surface area contributed by atoms with E-state index in [0.29, 0.717) is 24.0 Å². The summed E-state index contributed by atoms with van der Waals surface area (Å²) in [6, 6.07) is 5.96. The van der Waals surface area contributed by atoms with Crippen LogP contribution in [0.15, 0.2) is 48.5 Å². The summed E-state index contributed by atoms with van der Waals surface area (Å²) in [5, 5.41) is 14.1. The molecular weight excluding hydrogens is 507 g/mol. The van der Waals surface area contributed by atoms with Crippen molar-refractivity contribution in [1.82, 2.24) is 10.6 Å². The predicted octanol–water partition coefficient (Wildman–Crippen LogP) is 5.21. The smallest absolute Gasteiger partial charge is 0.379 e. The van der Waals surface area contributed by atoms with Crippen LogP contribution in [0.4, 0.5) is 30.7 Å². The van der Waals surface area contributed by atoms with Crippen LogP contribution < -0.4 is 16.4 Å². The van der Waals surface area contributed by atoms with Crippen LogP contribution in [0.2, 0.25) is 0 Å². The van der Waals surface area contributed by atoms with Crippen molar-refractivity contribution in [2.45, 2.75) is 75.0 Å². The van der Waals surface area contributed by atoms with Gasteiger partial charge in [0, 0.05) is 6.42 Å². The Kier molecular flexibility index (Phi) is 7.97. The van der Waals surface area contributed by atoms with Gasteiger partial charge in [-0.15, -0.1) is 0 Å². The van der Waals surface area contributed by atoms with E-state index in [2.05, 4.69) is 10.6 Å². The minimum atomic E-state index is -4.84. The molecule has 3 atom stereocenters. The number of carbonyl (C=O) groups is 1. The molecule has 204 valence electrons. The summed E-state index contributed by atoms with van der Waals surface area (Å²) in [6.07, 6.45) is -11.9. The first-order chi connectivity index (χ1) is 16.9. The first-order valence-corrected chi connectivity index (χ1v) is 11.5. The monoisotopic (exact) mass is 535 g/mol. The normalized spacial score (nSPS) is 18.1. The number of nitrogens with two attached hydrogens (primary N) is 1. The third-order valence-electron chi connectivity index (χ3n) is 5.98. The van der Waals surface area contributed by atoms with E-state index in [0.717, 1.165) is 26.0 Å². The van der Waals surface area contributed by atoms with E-state index in [1.807, 2.05) is 0 Å². The Morgan fingerprint density at radius 2 is 1.35 bits per heavy atom. The van der Waals surface area contributed by atoms with Gasteiger partial charge < -0.3 is 16.2 Å². The maximum atomic E-state index is 14.4. The lowest BCUT2D eigenvalue weighted by Gasteiger charge is -2.30. The summed E-state index contributed by atoms with van der Waals surface area (Å²) in [5.41, 5.74) is 3.10. The van der Waals surface area contributed by atoms with E-state index in [4.69, 9.17) is 5.73 Å². The number of carbonyl (C=O) groups excluding carboxylic acids is 1. The van der Waals surface area contributed by atoms with E-state index in [-0.39, 0.29) is 11.1 Å². The van der Waals surface area contributed by atoms with Crippen LogP contribution in [0.5, 0.6) is 0 Å². The average Bonchev–Trinajstić information content (AvgIpc) is 3.50. The first-order valence-electron chi connectivity index (χ1n) is 11.5. The number of alkyl halides is 7. The minimum Gasteiger partial charge on any atom is -0.379 e. The Hall–Kier alpha value is -2.70. The highest BCUT2D eigenvalue weighted by molar-refractivity contribution is 5.83. The van der Waals surface area contributed by atoms with Crippen LogP contribution in [0, 0.1) is 0 Å². The number of rotatable bonds is 9. The molecule has 1 aliphatic carbocycles. The lowest BCUT2D eigenvalue weighted by molar-refractivity contribution is -0.206. The molecule has 2 aromatic carbocycles. The zero-order chi connectivity index (χ0) is 27.8. The maximum Gasteiger partial charge on any atom is 0.418 e. The van der Waals surface area contributed by atoms with Crippen molar-refractivity contribution in [2.75, 3.05) is 0 Å². The summed E-state index contributed by atoms with van der Waals surface area (Å²) < 4.78 is 94.5. The summed E-state index contributed by atoms with van der Waals surface area (Å²) in [5.74, 6) is -0.835. The maximum absolute atomic E-state index is 14.4. The van der Waals surface area contributed by atoms with Gasteiger partial charge in [0.25, 0.3) is 0 Å². The highest BCUT2D eigenvalue weighted by Crippen LogP contribution is 2.37. The molecule has 12 heteroatoms. The largest absolute Gasteiger partial charge is 0.418 e. The highest BCUT2D eigenvalue weighted by Gasteiger charge is 2.46. The van der Waals surface area contributed by atoms with Gasteiger partial charge in [-0.2, -0.15) is 26.3 Å². The fourth-order valence-corrected chi connectivity index (χ4v) is 3.80. The fourth-order valence-electron chi connectivity index (χ4n) is 3.80. The lowest BCUT2D eigenvalue weighted by atomic mass is 9.96. The van der Waals surface area contributed by atoms with Crippen molar-refractivity contribution >= 4 is 5.91 Å². The number of benzene rings is 2. The van der Waals surface area contributed by atoms with Gasteiger partial charge in [0.1, 0.15) is 11.7 Å². The van der Waals surface area contributed by atoms with Gasteiger partial charge in [-0.05, 0) is 48.9 Å². The zero-order valence-electron chi connectivity index (χ0n) is 20.1. The molecule has 0 heterocycles. The molecule has 1 saturated carbocycles. The van der Waals surface area contributed by atoms with Crippen LogP contribution in [-0.2, 0) is 4.79 Å². The van der Waals surface area contributed by atoms with Gasteiger partial charge in [-0.3, -0.25) is 10.1 Å². The molecule has 0 aromatic heterocycles. The van der Waals surface area contributed by atoms with Gasteiger partial charge in [0.2, 0.25) is 5.91 Å². The van der Waals surface area contributed by atoms with Gasteiger partial charge in [0.15, 0.2) is 6.10 Å². The van der Waals surface area contributed by atoms with Gasteiger partial charge in [0.05, 0.1) is 11.7 Å². The third kappa shape index (κ3) is 7.89. The molecule has 0 radical (unpaired) electrons. The van der Waals surface area contributed by atoms with Gasteiger partial charge >= 0.3 is 12.4 Å². The molecule has 0 aliphatic heterocycles. The second-order valence-electron chi connectivity index (χ2n) is 9.95. The van der Waals surface area contributed by atoms with Crippen LogP contribution >= 0.6 is 0 Å². The Morgan fingerprint density at radius 3 is 1.73 bits per heavy atom. The quantitative estimate of drug-likeness (QED) is 0.262. The molecule has 5 N–H and O–H groups in total. The van der Waals surface area contributed by atoms with Crippen molar-refractivity contribution in [3.05, 3.63) is 59.7 Å². The second-order valence-corrected chi connectivity index (χ2v) is 9.95. The van der Waals surface area contributed by atoms with Crippen LogP contribution in [0.3, 0.4) is 0 Å². The molecule has 0 spiro atoms. The van der Waals surface area contributed by atoms with Crippen LogP contribution in [0.25, 0.3) is 11.1 Å². The number of aliphatic hydroxyl groups excluding tert-OH is 1. The van der Waals surface area contributed by atoms with Crippen molar-refractivity contribution in [2.24, 2.45) is 5.73 Å². The molecule has 1 amide bonds. The van der Waals surface area contributed by atoms with E-state index in [1.54, 1.807) is 0 Å². The third-order valence-corrected chi connectivity index (χ3v) is 5.98. The fraction of sp³-hybridized carbons (Fsp3) is 0.480. The molecule has 0 bridgehead atoms. The van der Waals surface area contributed by atoms with Crippen molar-refractivity contribution in [3.63, 3.8) is 0 Å². The molecule has 3 rings (SSSR count). The average molecular weight is 536 g/mol. The number of amides is 1. The number of aliphatic hydroxyl groups is 1. The van der Waals surface area contributed by atoms with Gasteiger partial charge in [-0.25, -0.2) is 4.39 Å². The molecule has 1 fully saturated rings. The predicted molar refractivity (Wildman–Crippen MR) is 123 cm³/mol. The van der Waals surface area contributed by atoms with E-state index < -0.39 is 54.2 Å². The highest BCUT2D eigenvalue weighted by atomic mass is 19.4. The minimum absolute atomic E-state index is 0.247. The zero-order valence-corrected chi connectivity index (χ0v) is 20.1. The summed E-state index contributed by atoms with van der Waals surface area (Å²) in [7, 11) is 0. The van der Waals surface area contributed by atoms with E-state index in [9.17, 15) is 40.6 Å². The number of hydrogen-bond donors (Lipinski definition) is 4. The standard InChI is InChI=1S/C25H28F7N3O2/c1-22(2,26)13-18(21(37)35-23(33)11-12-23)34-19(24(27,28)29)16-7-3-14(4-8-16)15-5-9-17(10-6-15)20(36)25(30,31)32/h3-10,18-20,34,36H,11-13,33H2,1-2H3,(H,35,37)/t18-,19-,20+/m0/s1. The van der Waals surface area contributed by atoms with Crippen LogP contribution in [0.1, 0.15) is 56.4 Å². The number of nitrogens with one attached hydrogen (secondary N) is 2. The Labute approximate surface area is 209 Å². The number of hydrogen-bond acceptors (Lipinski definition) is 4.